The van der Waals surface area contributed by atoms with E-state index in [2.05, 4.69) is 6.08 Å². The number of rotatable bonds is 4. The van der Waals surface area contributed by atoms with Crippen molar-refractivity contribution < 1.29 is 14.6 Å². The van der Waals surface area contributed by atoms with Gasteiger partial charge < -0.3 is 14.6 Å². The lowest BCUT2D eigenvalue weighted by molar-refractivity contribution is 0.203. The van der Waals surface area contributed by atoms with Crippen LogP contribution >= 0.6 is 0 Å². The molecule has 2 rings (SSSR count). The largest absolute Gasteiger partial charge is 0.497 e. The van der Waals surface area contributed by atoms with Crippen LogP contribution in [0.5, 0.6) is 11.5 Å². The lowest BCUT2D eigenvalue weighted by atomic mass is 9.92. The van der Waals surface area contributed by atoms with Crippen LogP contribution in [-0.4, -0.2) is 19.3 Å². The molecule has 110 valence electrons. The Kier molecular flexibility index (Phi) is 5.48. The number of ether oxygens (including phenoxy) is 2. The second kappa shape index (κ2) is 7.34. The minimum absolute atomic E-state index is 0.599. The molecular formula is C17H24O3. The molecule has 0 fully saturated rings. The van der Waals surface area contributed by atoms with Crippen molar-refractivity contribution in [2.24, 2.45) is 0 Å². The molecule has 1 atom stereocenters. The Morgan fingerprint density at radius 3 is 2.60 bits per heavy atom. The van der Waals surface area contributed by atoms with Gasteiger partial charge in [0.05, 0.1) is 14.2 Å². The van der Waals surface area contributed by atoms with E-state index in [1.54, 1.807) is 14.2 Å². The summed E-state index contributed by atoms with van der Waals surface area (Å²) in [6.45, 7) is 0. The van der Waals surface area contributed by atoms with Gasteiger partial charge in [-0.25, -0.2) is 0 Å². The number of hydrogen-bond donors (Lipinski definition) is 1. The summed E-state index contributed by atoms with van der Waals surface area (Å²) < 4.78 is 10.6. The first-order valence-corrected chi connectivity index (χ1v) is 7.35. The number of benzene rings is 1. The fourth-order valence-corrected chi connectivity index (χ4v) is 2.72. The van der Waals surface area contributed by atoms with E-state index in [0.717, 1.165) is 36.1 Å². The van der Waals surface area contributed by atoms with E-state index >= 15 is 0 Å². The first-order chi connectivity index (χ1) is 9.76. The topological polar surface area (TPSA) is 38.7 Å². The maximum Gasteiger partial charge on any atom is 0.125 e. The van der Waals surface area contributed by atoms with Crippen LogP contribution in [0.4, 0.5) is 0 Å². The average Bonchev–Trinajstić information content (AvgIpc) is 2.45. The molecule has 20 heavy (non-hydrogen) atoms. The van der Waals surface area contributed by atoms with Gasteiger partial charge in [-0.3, -0.25) is 0 Å². The van der Waals surface area contributed by atoms with Gasteiger partial charge in [-0.15, -0.1) is 0 Å². The molecule has 0 aliphatic heterocycles. The number of hydrogen-bond acceptors (Lipinski definition) is 3. The number of allylic oxidation sites excluding steroid dienone is 1. The van der Waals surface area contributed by atoms with Gasteiger partial charge in [0, 0.05) is 5.56 Å². The smallest absolute Gasteiger partial charge is 0.125 e. The Morgan fingerprint density at radius 2 is 1.85 bits per heavy atom. The molecule has 1 N–H and O–H groups in total. The third kappa shape index (κ3) is 3.54. The minimum atomic E-state index is -0.599. The zero-order valence-corrected chi connectivity index (χ0v) is 12.4. The van der Waals surface area contributed by atoms with Crippen LogP contribution in [0.1, 0.15) is 50.2 Å². The minimum Gasteiger partial charge on any atom is -0.497 e. The Hall–Kier alpha value is -1.48. The van der Waals surface area contributed by atoms with Crippen molar-refractivity contribution in [2.45, 2.75) is 44.6 Å². The summed E-state index contributed by atoms with van der Waals surface area (Å²) in [4.78, 5) is 0. The van der Waals surface area contributed by atoms with Crippen molar-refractivity contribution in [3.63, 3.8) is 0 Å². The summed E-state index contributed by atoms with van der Waals surface area (Å²) in [5, 5.41) is 10.7. The molecule has 1 aromatic rings. The highest BCUT2D eigenvalue weighted by molar-refractivity contribution is 5.44. The maximum absolute atomic E-state index is 10.7. The van der Waals surface area contributed by atoms with Crippen molar-refractivity contribution in [3.05, 3.63) is 35.4 Å². The second-order valence-corrected chi connectivity index (χ2v) is 5.24. The molecule has 1 aromatic carbocycles. The highest BCUT2D eigenvalue weighted by Crippen LogP contribution is 2.35. The average molecular weight is 276 g/mol. The van der Waals surface area contributed by atoms with Gasteiger partial charge in [0.25, 0.3) is 0 Å². The van der Waals surface area contributed by atoms with Crippen molar-refractivity contribution in [2.75, 3.05) is 14.2 Å². The van der Waals surface area contributed by atoms with Gasteiger partial charge in [-0.2, -0.15) is 0 Å². The van der Waals surface area contributed by atoms with Crippen LogP contribution in [0.25, 0.3) is 0 Å². The molecule has 0 aromatic heterocycles. The van der Waals surface area contributed by atoms with Crippen LogP contribution in [0, 0.1) is 0 Å². The first kappa shape index (κ1) is 14.9. The Bertz CT molecular complexity index is 465. The van der Waals surface area contributed by atoms with E-state index in [4.69, 9.17) is 9.47 Å². The zero-order chi connectivity index (χ0) is 14.4. The van der Waals surface area contributed by atoms with Crippen molar-refractivity contribution >= 4 is 0 Å². The zero-order valence-electron chi connectivity index (χ0n) is 12.4. The van der Waals surface area contributed by atoms with Crippen molar-refractivity contribution in [3.8, 4) is 11.5 Å². The van der Waals surface area contributed by atoms with Crippen LogP contribution in [0.2, 0.25) is 0 Å². The van der Waals surface area contributed by atoms with Gasteiger partial charge in [0.1, 0.15) is 17.6 Å². The number of methoxy groups -OCH3 is 2. The quantitative estimate of drug-likeness (QED) is 0.844. The molecule has 1 aliphatic carbocycles. The molecule has 1 aliphatic rings. The summed E-state index contributed by atoms with van der Waals surface area (Å²) >= 11 is 0. The van der Waals surface area contributed by atoms with E-state index < -0.39 is 6.10 Å². The Labute approximate surface area is 121 Å². The fourth-order valence-electron chi connectivity index (χ4n) is 2.72. The lowest BCUT2D eigenvalue weighted by Crippen LogP contribution is -2.06. The van der Waals surface area contributed by atoms with Crippen LogP contribution in [0.15, 0.2) is 29.8 Å². The maximum atomic E-state index is 10.7. The summed E-state index contributed by atoms with van der Waals surface area (Å²) in [5.41, 5.74) is 1.90. The van der Waals surface area contributed by atoms with Crippen molar-refractivity contribution in [1.29, 1.82) is 0 Å². The van der Waals surface area contributed by atoms with Gasteiger partial charge in [-0.05, 0) is 49.5 Å². The normalized spacial score (nSPS) is 20.2. The first-order valence-electron chi connectivity index (χ1n) is 7.35. The van der Waals surface area contributed by atoms with E-state index in [0.29, 0.717) is 5.75 Å². The molecule has 3 nitrogen and oxygen atoms in total. The molecule has 1 unspecified atom stereocenters. The van der Waals surface area contributed by atoms with Crippen LogP contribution in [-0.2, 0) is 0 Å². The summed E-state index contributed by atoms with van der Waals surface area (Å²) in [6, 6.07) is 5.56. The molecular weight excluding hydrogens is 252 g/mol. The van der Waals surface area contributed by atoms with Gasteiger partial charge >= 0.3 is 0 Å². The SMILES string of the molecule is COc1ccc(OC)c(C(O)/C2=C/CCCCCC2)c1. The predicted octanol–water partition coefficient (Wildman–Crippen LogP) is 4.02. The molecule has 0 amide bonds. The molecule has 0 saturated heterocycles. The van der Waals surface area contributed by atoms with E-state index in [-0.39, 0.29) is 0 Å². The highest BCUT2D eigenvalue weighted by Gasteiger charge is 2.19. The predicted molar refractivity (Wildman–Crippen MR) is 80.3 cm³/mol. The third-order valence-corrected chi connectivity index (χ3v) is 3.91. The van der Waals surface area contributed by atoms with E-state index in [9.17, 15) is 5.11 Å². The summed E-state index contributed by atoms with van der Waals surface area (Å²) in [7, 11) is 3.26. The molecule has 0 spiro atoms. The number of aliphatic hydroxyl groups excluding tert-OH is 1. The van der Waals surface area contributed by atoms with Crippen molar-refractivity contribution in [1.82, 2.24) is 0 Å². The van der Waals surface area contributed by atoms with Gasteiger partial charge in [0.15, 0.2) is 0 Å². The summed E-state index contributed by atoms with van der Waals surface area (Å²) in [6.07, 6.45) is 8.52. The van der Waals surface area contributed by atoms with Crippen LogP contribution < -0.4 is 9.47 Å². The molecule has 0 radical (unpaired) electrons. The molecule has 3 heteroatoms. The van der Waals surface area contributed by atoms with Crippen LogP contribution in [0.3, 0.4) is 0 Å². The molecule has 0 heterocycles. The lowest BCUT2D eigenvalue weighted by Gasteiger charge is -2.20. The summed E-state index contributed by atoms with van der Waals surface area (Å²) in [5.74, 6) is 1.45. The monoisotopic (exact) mass is 276 g/mol. The Balaban J connectivity index is 2.28. The van der Waals surface area contributed by atoms with Gasteiger partial charge in [0.2, 0.25) is 0 Å². The standard InChI is InChI=1S/C17H24O3/c1-19-14-10-11-16(20-2)15(12-14)17(18)13-8-6-4-3-5-7-9-13/h8,10-12,17-18H,3-7,9H2,1-2H3/b13-8+. The molecule has 0 bridgehead atoms. The van der Waals surface area contributed by atoms with E-state index in [1.807, 2.05) is 18.2 Å². The highest BCUT2D eigenvalue weighted by atomic mass is 16.5. The number of aliphatic hydroxyl groups is 1. The third-order valence-electron chi connectivity index (χ3n) is 3.91. The van der Waals surface area contributed by atoms with Gasteiger partial charge in [-0.1, -0.05) is 18.9 Å². The van der Waals surface area contributed by atoms with E-state index in [1.165, 1.54) is 19.3 Å². The Morgan fingerprint density at radius 1 is 1.05 bits per heavy atom. The molecule has 0 saturated carbocycles. The fraction of sp³-hybridized carbons (Fsp3) is 0.529. The second-order valence-electron chi connectivity index (χ2n) is 5.24.